The van der Waals surface area contributed by atoms with Gasteiger partial charge in [-0.05, 0) is 13.3 Å². The lowest BCUT2D eigenvalue weighted by Crippen LogP contribution is -2.05. The Morgan fingerprint density at radius 3 is 1.52 bits per heavy atom. The van der Waals surface area contributed by atoms with Gasteiger partial charge >= 0.3 is 5.97 Å². The maximum atomic E-state index is 11.2. The third-order valence-corrected chi connectivity index (χ3v) is 8.29. The zero-order valence-electron chi connectivity index (χ0n) is 17.4. The van der Waals surface area contributed by atoms with Gasteiger partial charge in [-0.1, -0.05) is 148 Å². The third-order valence-electron chi connectivity index (χ3n) is 4.70. The summed E-state index contributed by atoms with van der Waals surface area (Å²) in [7, 11) is 1.15. The Balaban J connectivity index is 3.07. The van der Waals surface area contributed by atoms with Crippen LogP contribution in [0.4, 0.5) is 0 Å². The molecule has 0 amide bonds. The van der Waals surface area contributed by atoms with Crippen LogP contribution in [0.1, 0.15) is 103 Å². The SMILES string of the molecule is C=C(C)C(=O)OCCCCCCCCCCCCCCCCC[Si]C(I)I. The van der Waals surface area contributed by atoms with Crippen LogP contribution >= 0.6 is 45.2 Å². The van der Waals surface area contributed by atoms with Crippen LogP contribution in [0.25, 0.3) is 0 Å². The molecule has 2 nitrogen and oxygen atoms in total. The summed E-state index contributed by atoms with van der Waals surface area (Å²) < 4.78 is 5.94. The molecule has 0 saturated heterocycles. The molecule has 0 aromatic rings. The Kier molecular flexibility index (Phi) is 22.3. The molecule has 0 spiro atoms. The van der Waals surface area contributed by atoms with Crippen LogP contribution in [0.5, 0.6) is 0 Å². The summed E-state index contributed by atoms with van der Waals surface area (Å²) in [5, 5.41) is 0. The van der Waals surface area contributed by atoms with E-state index in [1.165, 1.54) is 95.9 Å². The monoisotopic (exact) mass is 618 g/mol. The Labute approximate surface area is 198 Å². The molecule has 0 aromatic heterocycles. The fourth-order valence-corrected chi connectivity index (χ4v) is 5.57. The zero-order chi connectivity index (χ0) is 20.2. The highest BCUT2D eigenvalue weighted by Gasteiger charge is 2.02. The van der Waals surface area contributed by atoms with Crippen molar-refractivity contribution >= 4 is 60.7 Å². The van der Waals surface area contributed by atoms with E-state index in [9.17, 15) is 4.79 Å². The van der Waals surface area contributed by atoms with Gasteiger partial charge in [-0.2, -0.15) is 0 Å². The Morgan fingerprint density at radius 2 is 1.15 bits per heavy atom. The van der Waals surface area contributed by atoms with Crippen LogP contribution in [-0.4, -0.2) is 23.7 Å². The lowest BCUT2D eigenvalue weighted by Gasteiger charge is -2.05. The summed E-state index contributed by atoms with van der Waals surface area (Å²) in [6.07, 6.45) is 20.4. The van der Waals surface area contributed by atoms with Crippen molar-refractivity contribution < 1.29 is 9.53 Å². The quantitative estimate of drug-likeness (QED) is 0.0343. The number of alkyl halides is 2. The zero-order valence-corrected chi connectivity index (χ0v) is 22.7. The molecule has 0 rings (SSSR count). The van der Waals surface area contributed by atoms with Gasteiger partial charge in [0.25, 0.3) is 0 Å². The van der Waals surface area contributed by atoms with Crippen molar-refractivity contribution in [2.45, 2.75) is 111 Å². The molecule has 0 aliphatic rings. The highest BCUT2D eigenvalue weighted by atomic mass is 127. The lowest BCUT2D eigenvalue weighted by atomic mass is 10.0. The first kappa shape index (κ1) is 27.9. The highest BCUT2D eigenvalue weighted by molar-refractivity contribution is 14.2. The predicted octanol–water partition coefficient (Wildman–Crippen LogP) is 8.23. The van der Waals surface area contributed by atoms with Crippen molar-refractivity contribution in [3.05, 3.63) is 12.2 Å². The molecule has 0 fully saturated rings. The molecule has 0 aliphatic carbocycles. The first-order chi connectivity index (χ1) is 13.0. The van der Waals surface area contributed by atoms with E-state index in [2.05, 4.69) is 51.8 Å². The van der Waals surface area contributed by atoms with Crippen molar-refractivity contribution in [2.24, 2.45) is 0 Å². The van der Waals surface area contributed by atoms with Crippen LogP contribution in [-0.2, 0) is 9.53 Å². The smallest absolute Gasteiger partial charge is 0.333 e. The first-order valence-electron chi connectivity index (χ1n) is 10.9. The number of hydrogen-bond donors (Lipinski definition) is 0. The molecule has 0 N–H and O–H groups in total. The molecular formula is C22H40I2O2Si. The number of halogens is 2. The second-order valence-corrected chi connectivity index (χ2v) is 16.2. The number of carbonyl (C=O) groups excluding carboxylic acids is 1. The second kappa shape index (κ2) is 21.6. The molecule has 5 heteroatoms. The van der Waals surface area contributed by atoms with Crippen LogP contribution in [0, 0.1) is 0 Å². The fraction of sp³-hybridized carbons (Fsp3) is 0.864. The summed E-state index contributed by atoms with van der Waals surface area (Å²) in [5.74, 6) is -0.253. The van der Waals surface area contributed by atoms with Gasteiger partial charge in [-0.3, -0.25) is 0 Å². The van der Waals surface area contributed by atoms with Gasteiger partial charge in [0.1, 0.15) is 0 Å². The summed E-state index contributed by atoms with van der Waals surface area (Å²) >= 11 is 5.06. The van der Waals surface area contributed by atoms with Gasteiger partial charge in [0, 0.05) is 5.57 Å². The number of carbonyl (C=O) groups is 1. The molecule has 0 aromatic carbocycles. The third kappa shape index (κ3) is 23.0. The van der Waals surface area contributed by atoms with E-state index in [1.54, 1.807) is 6.92 Å². The maximum absolute atomic E-state index is 11.2. The van der Waals surface area contributed by atoms with E-state index in [0.29, 0.717) is 12.2 Å². The Morgan fingerprint density at radius 1 is 0.778 bits per heavy atom. The molecule has 158 valence electrons. The van der Waals surface area contributed by atoms with E-state index < -0.39 is 0 Å². The molecule has 0 saturated carbocycles. The highest BCUT2D eigenvalue weighted by Crippen LogP contribution is 2.15. The van der Waals surface area contributed by atoms with Crippen LogP contribution < -0.4 is 0 Å². The molecule has 0 atom stereocenters. The summed E-state index contributed by atoms with van der Waals surface area (Å²) in [6.45, 7) is 5.82. The summed E-state index contributed by atoms with van der Waals surface area (Å²) in [5.41, 5.74) is 0.492. The van der Waals surface area contributed by atoms with Crippen molar-refractivity contribution in [1.82, 2.24) is 0 Å². The normalized spacial score (nSPS) is 11.1. The number of unbranched alkanes of at least 4 members (excludes halogenated alkanes) is 14. The molecule has 2 radical (unpaired) electrons. The maximum Gasteiger partial charge on any atom is 0.333 e. The van der Waals surface area contributed by atoms with Crippen LogP contribution in [0.15, 0.2) is 12.2 Å². The standard InChI is InChI=1S/C22H40I2O2Si/c1-20(2)21(25)26-18-16-14-12-10-8-6-4-3-5-7-9-11-13-15-17-19-27-22(23)24/h22H,1,3-19H2,2H3. The minimum absolute atomic E-state index is 0.253. The van der Waals surface area contributed by atoms with Gasteiger partial charge in [0.05, 0.1) is 17.7 Å². The van der Waals surface area contributed by atoms with Crippen molar-refractivity contribution in [1.29, 1.82) is 0 Å². The summed E-state index contributed by atoms with van der Waals surface area (Å²) in [6, 6.07) is 1.44. The second-order valence-electron chi connectivity index (χ2n) is 7.47. The van der Waals surface area contributed by atoms with E-state index in [4.69, 9.17) is 4.74 Å². The first-order valence-corrected chi connectivity index (χ1v) is 14.7. The lowest BCUT2D eigenvalue weighted by molar-refractivity contribution is -0.139. The van der Waals surface area contributed by atoms with Gasteiger partial charge in [-0.25, -0.2) is 4.79 Å². The van der Waals surface area contributed by atoms with E-state index >= 15 is 0 Å². The van der Waals surface area contributed by atoms with Gasteiger partial charge in [0.2, 0.25) is 0 Å². The molecule has 0 unspecified atom stereocenters. The minimum atomic E-state index is -0.253. The van der Waals surface area contributed by atoms with E-state index in [1.807, 2.05) is 0 Å². The Hall–Kier alpha value is 0.887. The van der Waals surface area contributed by atoms with Gasteiger partial charge in [0.15, 0.2) is 0 Å². The fourth-order valence-electron chi connectivity index (χ4n) is 3.02. The van der Waals surface area contributed by atoms with Crippen molar-refractivity contribution in [3.8, 4) is 0 Å². The van der Waals surface area contributed by atoms with Gasteiger partial charge in [-0.15, -0.1) is 0 Å². The van der Waals surface area contributed by atoms with E-state index in [0.717, 1.165) is 17.5 Å². The average molecular weight is 618 g/mol. The van der Waals surface area contributed by atoms with Gasteiger partial charge < -0.3 is 4.74 Å². The topological polar surface area (TPSA) is 26.3 Å². The van der Waals surface area contributed by atoms with Crippen molar-refractivity contribution in [2.75, 3.05) is 6.61 Å². The predicted molar refractivity (Wildman–Crippen MR) is 137 cm³/mol. The van der Waals surface area contributed by atoms with Crippen molar-refractivity contribution in [3.63, 3.8) is 0 Å². The van der Waals surface area contributed by atoms with Crippen LogP contribution in [0.3, 0.4) is 0 Å². The number of ether oxygens (including phenoxy) is 1. The largest absolute Gasteiger partial charge is 0.462 e. The molecule has 27 heavy (non-hydrogen) atoms. The van der Waals surface area contributed by atoms with E-state index in [-0.39, 0.29) is 5.97 Å². The molecule has 0 bridgehead atoms. The number of esters is 1. The summed E-state index contributed by atoms with van der Waals surface area (Å²) in [4.78, 5) is 11.2. The van der Waals surface area contributed by atoms with Crippen LogP contribution in [0.2, 0.25) is 6.04 Å². The number of hydrogen-bond acceptors (Lipinski definition) is 2. The average Bonchev–Trinajstić information content (AvgIpc) is 2.63. The number of rotatable bonds is 20. The Bertz CT molecular complexity index is 362. The molecule has 0 aliphatic heterocycles. The molecule has 0 heterocycles. The minimum Gasteiger partial charge on any atom is -0.462 e. The molecular weight excluding hydrogens is 578 g/mol.